The lowest BCUT2D eigenvalue weighted by Crippen LogP contribution is -2.56. The van der Waals surface area contributed by atoms with Gasteiger partial charge in [0.2, 0.25) is 0 Å². The highest BCUT2D eigenvalue weighted by Crippen LogP contribution is 2.49. The topological polar surface area (TPSA) is 83.4 Å². The van der Waals surface area contributed by atoms with E-state index in [-0.39, 0.29) is 10.9 Å². The summed E-state index contributed by atoms with van der Waals surface area (Å²) >= 11 is 0. The summed E-state index contributed by atoms with van der Waals surface area (Å²) in [6.07, 6.45) is -1.71. The first-order valence-corrected chi connectivity index (χ1v) is 14.9. The number of hydrogen-bond donors (Lipinski definition) is 2. The second kappa shape index (κ2) is 10.6. The minimum atomic E-state index is -4.82. The molecule has 11 heteroatoms. The molecular weight excluding hydrogens is 543 g/mol. The van der Waals surface area contributed by atoms with Crippen molar-refractivity contribution < 1.29 is 32.0 Å². The van der Waals surface area contributed by atoms with Gasteiger partial charge >= 0.3 is 6.36 Å². The third kappa shape index (κ3) is 5.63. The molecule has 1 unspecified atom stereocenters. The van der Waals surface area contributed by atoms with Crippen LogP contribution in [0.25, 0.3) is 0 Å². The summed E-state index contributed by atoms with van der Waals surface area (Å²) in [6, 6.07) is 19.4. The van der Waals surface area contributed by atoms with E-state index in [9.17, 15) is 22.5 Å². The maximum absolute atomic E-state index is 14.3. The van der Waals surface area contributed by atoms with E-state index in [1.54, 1.807) is 0 Å². The third-order valence-corrected chi connectivity index (χ3v) is 9.57. The minimum absolute atomic E-state index is 0.249. The maximum Gasteiger partial charge on any atom is 0.573 e. The second-order valence-electron chi connectivity index (χ2n) is 10.4. The number of halogens is 3. The summed E-state index contributed by atoms with van der Waals surface area (Å²) in [5.74, 6) is 1.32. The molecule has 7 nitrogen and oxygen atoms in total. The lowest BCUT2D eigenvalue weighted by molar-refractivity contribution is -0.274. The van der Waals surface area contributed by atoms with E-state index in [4.69, 9.17) is 4.74 Å². The zero-order valence-electron chi connectivity index (χ0n) is 21.6. The summed E-state index contributed by atoms with van der Waals surface area (Å²) in [6.45, 7) is 0.378. The molecule has 4 atom stereocenters. The lowest BCUT2D eigenvalue weighted by Gasteiger charge is -2.45. The number of nitrogens with zero attached hydrogens (tertiary/aromatic N) is 2. The van der Waals surface area contributed by atoms with E-state index in [0.29, 0.717) is 36.8 Å². The number of fused-ring (bicyclic) bond motifs is 2. The summed E-state index contributed by atoms with van der Waals surface area (Å²) < 4.78 is 70.1. The summed E-state index contributed by atoms with van der Waals surface area (Å²) in [5.41, 5.74) is 1.68. The highest BCUT2D eigenvalue weighted by molar-refractivity contribution is 7.91. The van der Waals surface area contributed by atoms with Crippen molar-refractivity contribution in [1.29, 1.82) is 0 Å². The van der Waals surface area contributed by atoms with Gasteiger partial charge in [0.15, 0.2) is 11.5 Å². The Kier molecular flexibility index (Phi) is 7.14. The molecule has 2 aliphatic carbocycles. The molecule has 3 aliphatic rings. The van der Waals surface area contributed by atoms with Crippen LogP contribution in [-0.2, 0) is 9.92 Å². The molecular formula is C29H30F3N3O4S. The monoisotopic (exact) mass is 573 g/mol. The number of rotatable bonds is 7. The zero-order valence-corrected chi connectivity index (χ0v) is 22.4. The Morgan fingerprint density at radius 3 is 2.17 bits per heavy atom. The van der Waals surface area contributed by atoms with Gasteiger partial charge in [-0.1, -0.05) is 24.3 Å². The zero-order chi connectivity index (χ0) is 27.9. The quantitative estimate of drug-likeness (QED) is 0.335. The van der Waals surface area contributed by atoms with Crippen molar-refractivity contribution in [1.82, 2.24) is 4.72 Å². The first-order valence-electron chi connectivity index (χ1n) is 13.4. The number of aliphatic hydroxyl groups is 1. The fraction of sp³-hybridized carbons (Fsp3) is 0.379. The van der Waals surface area contributed by atoms with Crippen LogP contribution in [0.2, 0.25) is 0 Å². The average Bonchev–Trinajstić information content (AvgIpc) is 3.76. The number of para-hydroxylation sites is 4. The first-order chi connectivity index (χ1) is 19.2. The molecule has 3 aromatic carbocycles. The molecule has 0 amide bonds. The third-order valence-electron chi connectivity index (χ3n) is 7.52. The van der Waals surface area contributed by atoms with E-state index in [1.165, 1.54) is 12.1 Å². The largest absolute Gasteiger partial charge is 0.573 e. The van der Waals surface area contributed by atoms with Crippen molar-refractivity contribution >= 4 is 21.3 Å². The second-order valence-corrected chi connectivity index (χ2v) is 12.4. The van der Waals surface area contributed by atoms with Gasteiger partial charge in [0.05, 0.1) is 35.0 Å². The van der Waals surface area contributed by atoms with Crippen LogP contribution in [0.3, 0.4) is 0 Å². The fourth-order valence-corrected chi connectivity index (χ4v) is 7.33. The SMILES string of the molecule is O=S(=NCC1CC1)(N[C@@H]1CCC[C@@H](N2c3ccccc3Oc3ccccc32)[C@H]1O)c1ccc(OC(F)(F)F)cc1. The van der Waals surface area contributed by atoms with Gasteiger partial charge in [-0.25, -0.2) is 13.3 Å². The number of hydrogen-bond acceptors (Lipinski definition) is 6. The van der Waals surface area contributed by atoms with E-state index < -0.39 is 34.2 Å². The van der Waals surface area contributed by atoms with Crippen LogP contribution >= 0.6 is 0 Å². The van der Waals surface area contributed by atoms with E-state index in [2.05, 4.69) is 18.7 Å². The standard InChI is InChI=1S/C29H30F3N3O4S/c30-29(31,32)39-20-14-16-21(17-15-20)40(37,33-18-19-12-13-19)34-22-6-5-9-25(28(22)36)35-23-7-1-3-10-26(23)38-27-11-4-2-8-24(27)35/h1-4,7-8,10-11,14-17,19,22,25,28,36H,5-6,9,12-13,18H2,(H,33,34,37)/t22-,25-,28+,40?/m1/s1. The average molecular weight is 574 g/mol. The van der Waals surface area contributed by atoms with Crippen LogP contribution in [0, 0.1) is 5.92 Å². The molecule has 0 spiro atoms. The number of nitrogens with one attached hydrogen (secondary N) is 1. The Morgan fingerprint density at radius 2 is 1.57 bits per heavy atom. The fourth-order valence-electron chi connectivity index (χ4n) is 5.38. The van der Waals surface area contributed by atoms with Crippen molar-refractivity contribution in [2.75, 3.05) is 11.4 Å². The molecule has 1 heterocycles. The van der Waals surface area contributed by atoms with Crippen LogP contribution in [-0.4, -0.2) is 40.4 Å². The predicted octanol–water partition coefficient (Wildman–Crippen LogP) is 6.55. The van der Waals surface area contributed by atoms with Gasteiger partial charge in [-0.3, -0.25) is 0 Å². The van der Waals surface area contributed by atoms with Crippen LogP contribution in [0.1, 0.15) is 32.1 Å². The smallest absolute Gasteiger partial charge is 0.453 e. The summed E-state index contributed by atoms with van der Waals surface area (Å²) in [7, 11) is -3.26. The maximum atomic E-state index is 14.3. The highest BCUT2D eigenvalue weighted by atomic mass is 32.2. The minimum Gasteiger partial charge on any atom is -0.453 e. The molecule has 40 heavy (non-hydrogen) atoms. The molecule has 3 aromatic rings. The number of ether oxygens (including phenoxy) is 2. The molecule has 6 rings (SSSR count). The van der Waals surface area contributed by atoms with Crippen LogP contribution in [0.4, 0.5) is 24.5 Å². The Hall–Kier alpha value is -3.28. The molecule has 1 aliphatic heterocycles. The van der Waals surface area contributed by atoms with Crippen molar-refractivity contribution in [3.05, 3.63) is 72.8 Å². The Balaban J connectivity index is 1.30. The van der Waals surface area contributed by atoms with Crippen LogP contribution < -0.4 is 19.1 Å². The molecule has 212 valence electrons. The summed E-state index contributed by atoms with van der Waals surface area (Å²) in [5, 5.41) is 11.7. The Morgan fingerprint density at radius 1 is 0.950 bits per heavy atom. The van der Waals surface area contributed by atoms with Crippen molar-refractivity contribution in [2.24, 2.45) is 10.3 Å². The Bertz CT molecular complexity index is 1440. The van der Waals surface area contributed by atoms with E-state index in [0.717, 1.165) is 42.8 Å². The van der Waals surface area contributed by atoms with Crippen molar-refractivity contribution in [3.63, 3.8) is 0 Å². The normalized spacial score (nSPS) is 23.8. The van der Waals surface area contributed by atoms with Gasteiger partial charge in [0, 0.05) is 6.04 Å². The van der Waals surface area contributed by atoms with E-state index in [1.807, 2.05) is 48.5 Å². The molecule has 0 aromatic heterocycles. The van der Waals surface area contributed by atoms with Gasteiger partial charge in [-0.15, -0.1) is 13.2 Å². The van der Waals surface area contributed by atoms with Gasteiger partial charge in [-0.05, 0) is 86.6 Å². The molecule has 2 saturated carbocycles. The van der Waals surface area contributed by atoms with Gasteiger partial charge < -0.3 is 19.5 Å². The van der Waals surface area contributed by atoms with Crippen molar-refractivity contribution in [2.45, 2.75) is 61.5 Å². The summed E-state index contributed by atoms with van der Waals surface area (Å²) in [4.78, 5) is 2.35. The predicted molar refractivity (Wildman–Crippen MR) is 145 cm³/mol. The number of anilines is 2. The molecule has 2 N–H and O–H groups in total. The lowest BCUT2D eigenvalue weighted by atomic mass is 9.86. The molecule has 0 radical (unpaired) electrons. The van der Waals surface area contributed by atoms with Gasteiger partial charge in [-0.2, -0.15) is 0 Å². The number of benzene rings is 3. The van der Waals surface area contributed by atoms with E-state index >= 15 is 0 Å². The van der Waals surface area contributed by atoms with Crippen LogP contribution in [0.15, 0.2) is 82.1 Å². The van der Waals surface area contributed by atoms with Crippen molar-refractivity contribution in [3.8, 4) is 17.2 Å². The Labute approximate surface area is 231 Å². The highest BCUT2D eigenvalue weighted by Gasteiger charge is 2.41. The molecule has 2 fully saturated rings. The first kappa shape index (κ1) is 26.9. The van der Waals surface area contributed by atoms with Gasteiger partial charge in [0.25, 0.3) is 0 Å². The van der Waals surface area contributed by atoms with Crippen LogP contribution in [0.5, 0.6) is 17.2 Å². The molecule has 0 bridgehead atoms. The number of alkyl halides is 3. The number of aliphatic hydroxyl groups excluding tert-OH is 1. The van der Waals surface area contributed by atoms with Gasteiger partial charge in [0.1, 0.15) is 15.7 Å². The molecule has 0 saturated heterocycles.